The molecule has 0 fully saturated rings. The quantitative estimate of drug-likeness (QED) is 0.0813. The summed E-state index contributed by atoms with van der Waals surface area (Å²) in [6.07, 6.45) is 20.7. The Labute approximate surface area is 390 Å². The Bertz CT molecular complexity index is 2290. The lowest BCUT2D eigenvalue weighted by Crippen LogP contribution is -2.13. The summed E-state index contributed by atoms with van der Waals surface area (Å²) >= 11 is 0. The molecule has 0 amide bonds. The molecule has 0 unspecified atom stereocenters. The summed E-state index contributed by atoms with van der Waals surface area (Å²) in [6.45, 7) is 1.81. The normalized spacial score (nSPS) is 12.2. The van der Waals surface area contributed by atoms with E-state index in [1.165, 1.54) is 126 Å². The summed E-state index contributed by atoms with van der Waals surface area (Å²) in [5.41, 5.74) is 2.92. The highest BCUT2D eigenvalue weighted by Gasteiger charge is 2.22. The zero-order valence-corrected chi connectivity index (χ0v) is 38.6. The standard InChI is InChI=1S/C12H12O6.C11H12O4.C10H10O4.C8H10O4.C4H4O2.CO2/c1-16-10(13)7-4-5-8(11(14)17-2)9(6-7)12(15)18-3;1-7-4-5-8(11(13)15-3)9(7)6-10(12)14-2;1-13-9(11)6-7-3-4-8(5-7)10(12)14-2;1-11-7(9)5-3-4-6-8(10)12-2;1-3-4(5)6-2;2-1-3/h4-6H,1-3H3;4-6H,1-3H3;3-6H,1-2H3;3-6H,1-2H3;1H,2H3;/b;9-6-;;5-3+,6-4+;;. The molecular weight excluding hydrogens is 904 g/mol. The Morgan fingerprint density at radius 3 is 1.38 bits per heavy atom. The van der Waals surface area contributed by atoms with E-state index in [4.69, 9.17) is 9.59 Å². The van der Waals surface area contributed by atoms with Crippen molar-refractivity contribution in [2.45, 2.75) is 6.92 Å². The number of carbonyl (C=O) groups excluding carboxylic acids is 12. The zero-order chi connectivity index (χ0) is 52.8. The molecule has 0 radical (unpaired) electrons. The van der Waals surface area contributed by atoms with E-state index in [-0.39, 0.29) is 22.8 Å². The lowest BCUT2D eigenvalue weighted by Gasteiger charge is -2.07. The van der Waals surface area contributed by atoms with Crippen molar-refractivity contribution in [1.82, 2.24) is 0 Å². The Morgan fingerprint density at radius 2 is 0.971 bits per heavy atom. The minimum atomic E-state index is -0.735. The molecule has 1 aromatic carbocycles. The Balaban J connectivity index is -0.000000787. The van der Waals surface area contributed by atoms with Crippen molar-refractivity contribution < 1.29 is 105 Å². The molecule has 3 rings (SSSR count). The largest absolute Gasteiger partial charge is 0.466 e. The molecule has 0 heterocycles. The third-order valence-corrected chi connectivity index (χ3v) is 7.30. The number of methoxy groups -OCH3 is 10. The van der Waals surface area contributed by atoms with Crippen LogP contribution in [0.25, 0.3) is 0 Å². The van der Waals surface area contributed by atoms with Gasteiger partial charge in [0, 0.05) is 30.2 Å². The molecule has 22 nitrogen and oxygen atoms in total. The number of hydrogen-bond acceptors (Lipinski definition) is 22. The molecule has 0 saturated heterocycles. The first kappa shape index (κ1) is 63.1. The minimum absolute atomic E-state index is 0.0250. The Morgan fingerprint density at radius 1 is 0.515 bits per heavy atom. The molecular formula is C46H48O22. The van der Waals surface area contributed by atoms with Gasteiger partial charge in [0.1, 0.15) is 0 Å². The third kappa shape index (κ3) is 25.8. The van der Waals surface area contributed by atoms with E-state index in [9.17, 15) is 47.9 Å². The van der Waals surface area contributed by atoms with E-state index in [0.29, 0.717) is 22.3 Å². The molecule has 0 N–H and O–H groups in total. The van der Waals surface area contributed by atoms with Gasteiger partial charge in [-0.1, -0.05) is 24.3 Å². The fourth-order valence-electron chi connectivity index (χ4n) is 4.07. The first-order valence-electron chi connectivity index (χ1n) is 18.2. The average Bonchev–Trinajstić information content (AvgIpc) is 3.99. The molecule has 0 aromatic heterocycles. The summed E-state index contributed by atoms with van der Waals surface area (Å²) in [6, 6.07) is 3.90. The summed E-state index contributed by atoms with van der Waals surface area (Å²) in [7, 11) is 12.6. The monoisotopic (exact) mass is 952 g/mol. The molecule has 68 heavy (non-hydrogen) atoms. The van der Waals surface area contributed by atoms with Crippen molar-refractivity contribution in [1.29, 1.82) is 0 Å². The number of terminal acetylenes is 1. The van der Waals surface area contributed by atoms with Gasteiger partial charge in [0.05, 0.1) is 98.9 Å². The van der Waals surface area contributed by atoms with Gasteiger partial charge in [-0.05, 0) is 60.1 Å². The lowest BCUT2D eigenvalue weighted by atomic mass is 10.0. The van der Waals surface area contributed by atoms with Crippen molar-refractivity contribution in [3.05, 3.63) is 130 Å². The maximum absolute atomic E-state index is 11.5. The molecule has 0 spiro atoms. The number of allylic oxidation sites excluding steroid dienone is 8. The first-order chi connectivity index (χ1) is 32.2. The van der Waals surface area contributed by atoms with Crippen molar-refractivity contribution in [2.24, 2.45) is 0 Å². The van der Waals surface area contributed by atoms with Gasteiger partial charge in [0.2, 0.25) is 0 Å². The van der Waals surface area contributed by atoms with Crippen LogP contribution in [0.3, 0.4) is 0 Å². The van der Waals surface area contributed by atoms with Crippen LogP contribution in [0.1, 0.15) is 38.0 Å². The Hall–Kier alpha value is -9.22. The molecule has 1 aromatic rings. The van der Waals surface area contributed by atoms with Crippen LogP contribution in [0.15, 0.2) is 113 Å². The van der Waals surface area contributed by atoms with Crippen LogP contribution in [-0.2, 0) is 90.5 Å². The minimum Gasteiger partial charge on any atom is -0.466 e. The highest BCUT2D eigenvalue weighted by molar-refractivity contribution is 6.05. The van der Waals surface area contributed by atoms with Gasteiger partial charge >= 0.3 is 65.8 Å². The van der Waals surface area contributed by atoms with Crippen molar-refractivity contribution in [2.75, 3.05) is 71.1 Å². The van der Waals surface area contributed by atoms with Crippen molar-refractivity contribution >= 4 is 65.8 Å². The molecule has 0 atom stereocenters. The van der Waals surface area contributed by atoms with Gasteiger partial charge in [-0.3, -0.25) is 0 Å². The molecule has 2 aliphatic rings. The van der Waals surface area contributed by atoms with Crippen LogP contribution in [0, 0.1) is 12.3 Å². The third-order valence-electron chi connectivity index (χ3n) is 7.30. The fraction of sp³-hybridized carbons (Fsp3) is 0.239. The van der Waals surface area contributed by atoms with E-state index in [2.05, 4.69) is 53.8 Å². The average molecular weight is 953 g/mol. The van der Waals surface area contributed by atoms with Crippen LogP contribution in [0.4, 0.5) is 0 Å². The van der Waals surface area contributed by atoms with E-state index in [1.54, 1.807) is 43.2 Å². The number of benzene rings is 1. The predicted molar refractivity (Wildman–Crippen MR) is 232 cm³/mol. The summed E-state index contributed by atoms with van der Waals surface area (Å²) in [5.74, 6) is -3.67. The van der Waals surface area contributed by atoms with Crippen LogP contribution in [0.2, 0.25) is 0 Å². The zero-order valence-electron chi connectivity index (χ0n) is 38.6. The predicted octanol–water partition coefficient (Wildman–Crippen LogP) is 2.60. The van der Waals surface area contributed by atoms with Crippen LogP contribution in [-0.4, -0.2) is 137 Å². The second-order valence-electron chi connectivity index (χ2n) is 11.3. The van der Waals surface area contributed by atoms with Gasteiger partial charge in [-0.2, -0.15) is 9.59 Å². The van der Waals surface area contributed by atoms with E-state index in [1.807, 2.05) is 0 Å². The smallest absolute Gasteiger partial charge is 0.383 e. The SMILES string of the molecule is C#CC(=O)OC.COC(=O)/C=C/C=C/C(=O)OC.COC(=O)/C=C1/C(C)=CC=C1C(=O)OC.COC(=O)C=C1C=CC(C(=O)OC)=C1.COC(=O)c1ccc(C(=O)OC)c(C(=O)OC)c1.O=C=O. The fourth-order valence-corrected chi connectivity index (χ4v) is 4.07. The highest BCUT2D eigenvalue weighted by atomic mass is 16.6. The lowest BCUT2D eigenvalue weighted by molar-refractivity contribution is -0.192. The second-order valence-corrected chi connectivity index (χ2v) is 11.3. The number of esters is 10. The summed E-state index contributed by atoms with van der Waals surface area (Å²) in [5, 5.41) is 0. The van der Waals surface area contributed by atoms with E-state index in [0.717, 1.165) is 5.57 Å². The molecule has 364 valence electrons. The molecule has 2 aliphatic carbocycles. The number of carbonyl (C=O) groups is 10. The van der Waals surface area contributed by atoms with Gasteiger partial charge in [0.15, 0.2) is 0 Å². The molecule has 0 saturated carbocycles. The van der Waals surface area contributed by atoms with Crippen LogP contribution < -0.4 is 0 Å². The maximum atomic E-state index is 11.5. The molecule has 0 bridgehead atoms. The second kappa shape index (κ2) is 37.2. The molecule has 22 heteroatoms. The van der Waals surface area contributed by atoms with Gasteiger partial charge < -0.3 is 47.4 Å². The van der Waals surface area contributed by atoms with Gasteiger partial charge in [0.25, 0.3) is 0 Å². The van der Waals surface area contributed by atoms with Gasteiger partial charge in [-0.25, -0.2) is 47.9 Å². The maximum Gasteiger partial charge on any atom is 0.383 e. The van der Waals surface area contributed by atoms with Gasteiger partial charge in [-0.15, -0.1) is 6.42 Å². The number of hydrogen-bond donors (Lipinski definition) is 0. The van der Waals surface area contributed by atoms with Crippen LogP contribution >= 0.6 is 0 Å². The van der Waals surface area contributed by atoms with Crippen molar-refractivity contribution in [3.8, 4) is 12.3 Å². The van der Waals surface area contributed by atoms with Crippen molar-refractivity contribution in [3.63, 3.8) is 0 Å². The number of rotatable bonds is 10. The summed E-state index contributed by atoms with van der Waals surface area (Å²) in [4.78, 5) is 125. The highest BCUT2D eigenvalue weighted by Crippen LogP contribution is 2.26. The Kier molecular flexibility index (Phi) is 34.5. The topological polar surface area (TPSA) is 297 Å². The first-order valence-corrected chi connectivity index (χ1v) is 18.2. The number of ether oxygens (including phenoxy) is 10. The van der Waals surface area contributed by atoms with E-state index >= 15 is 0 Å². The summed E-state index contributed by atoms with van der Waals surface area (Å²) < 4.78 is 44.3. The molecule has 0 aliphatic heterocycles. The van der Waals surface area contributed by atoms with E-state index < -0.39 is 59.7 Å². The van der Waals surface area contributed by atoms with Crippen LogP contribution in [0.5, 0.6) is 0 Å².